The summed E-state index contributed by atoms with van der Waals surface area (Å²) >= 11 is 0. The first-order valence-electron chi connectivity index (χ1n) is 9.01. The monoisotopic (exact) mass is 346 g/mol. The number of amides is 3. The lowest BCUT2D eigenvalue weighted by Crippen LogP contribution is -2.46. The van der Waals surface area contributed by atoms with Crippen molar-refractivity contribution in [1.82, 2.24) is 15.5 Å². The highest BCUT2D eigenvalue weighted by atomic mass is 16.2. The predicted molar refractivity (Wildman–Crippen MR) is 101 cm³/mol. The van der Waals surface area contributed by atoms with E-state index in [0.717, 1.165) is 31.1 Å². The van der Waals surface area contributed by atoms with Gasteiger partial charge in [0.25, 0.3) is 5.91 Å². The van der Waals surface area contributed by atoms with Crippen LogP contribution in [0.2, 0.25) is 0 Å². The number of benzene rings is 1. The van der Waals surface area contributed by atoms with Gasteiger partial charge in [0, 0.05) is 37.4 Å². The molecule has 0 unspecified atom stereocenters. The maximum Gasteiger partial charge on any atom is 0.319 e. The number of carbonyl (C=O) groups is 2. The number of nitrogens with zero attached hydrogens (tertiary/aromatic N) is 1. The molecule has 2 rings (SSSR count). The minimum absolute atomic E-state index is 0.0627. The predicted octanol–water partition coefficient (Wildman–Crippen LogP) is 2.60. The molecule has 2 atom stereocenters. The molecule has 0 radical (unpaired) electrons. The molecule has 0 saturated carbocycles. The molecule has 0 aromatic heterocycles. The molecule has 1 heterocycles. The number of anilines is 1. The van der Waals surface area contributed by atoms with Crippen LogP contribution >= 0.6 is 0 Å². The minimum atomic E-state index is -0.241. The van der Waals surface area contributed by atoms with Gasteiger partial charge in [0.05, 0.1) is 0 Å². The average Bonchev–Trinajstić information content (AvgIpc) is 2.55. The number of likely N-dealkylation sites (tertiary alicyclic amines) is 1. The first-order chi connectivity index (χ1) is 11.9. The largest absolute Gasteiger partial charge is 0.355 e. The Morgan fingerprint density at radius 2 is 2.12 bits per heavy atom. The number of hydrogen-bond donors (Lipinski definition) is 3. The van der Waals surface area contributed by atoms with Crippen molar-refractivity contribution in [2.24, 2.45) is 5.92 Å². The molecule has 6 heteroatoms. The number of hydrogen-bond acceptors (Lipinski definition) is 3. The molecular formula is C19H30N4O2. The molecule has 0 bridgehead atoms. The normalized spacial score (nSPS) is 19.1. The maximum atomic E-state index is 12.3. The summed E-state index contributed by atoms with van der Waals surface area (Å²) in [6.45, 7) is 9.26. The van der Waals surface area contributed by atoms with E-state index in [9.17, 15) is 9.59 Å². The van der Waals surface area contributed by atoms with Crippen molar-refractivity contribution in [3.8, 4) is 0 Å². The van der Waals surface area contributed by atoms with Crippen LogP contribution in [-0.4, -0.2) is 49.6 Å². The number of urea groups is 1. The van der Waals surface area contributed by atoms with Crippen molar-refractivity contribution in [3.63, 3.8) is 0 Å². The van der Waals surface area contributed by atoms with Crippen molar-refractivity contribution in [3.05, 3.63) is 29.3 Å². The molecule has 3 N–H and O–H groups in total. The van der Waals surface area contributed by atoms with E-state index >= 15 is 0 Å². The van der Waals surface area contributed by atoms with Crippen molar-refractivity contribution in [2.75, 3.05) is 32.0 Å². The van der Waals surface area contributed by atoms with Crippen LogP contribution < -0.4 is 16.0 Å². The highest BCUT2D eigenvalue weighted by Crippen LogP contribution is 2.17. The van der Waals surface area contributed by atoms with Gasteiger partial charge in [0.15, 0.2) is 0 Å². The highest BCUT2D eigenvalue weighted by molar-refractivity contribution is 5.97. The van der Waals surface area contributed by atoms with Gasteiger partial charge in [-0.1, -0.05) is 13.0 Å². The first kappa shape index (κ1) is 19.2. The van der Waals surface area contributed by atoms with Gasteiger partial charge in [-0.25, -0.2) is 4.79 Å². The van der Waals surface area contributed by atoms with Crippen LogP contribution in [0, 0.1) is 12.8 Å². The fourth-order valence-electron chi connectivity index (χ4n) is 3.31. The fourth-order valence-corrected chi connectivity index (χ4v) is 3.31. The van der Waals surface area contributed by atoms with Crippen molar-refractivity contribution in [2.45, 2.75) is 39.7 Å². The van der Waals surface area contributed by atoms with Crippen molar-refractivity contribution in [1.29, 1.82) is 0 Å². The van der Waals surface area contributed by atoms with Crippen LogP contribution in [0.5, 0.6) is 0 Å². The Morgan fingerprint density at radius 1 is 1.36 bits per heavy atom. The molecular weight excluding hydrogens is 316 g/mol. The van der Waals surface area contributed by atoms with E-state index in [1.54, 1.807) is 19.2 Å². The molecule has 1 aromatic carbocycles. The third kappa shape index (κ3) is 5.74. The summed E-state index contributed by atoms with van der Waals surface area (Å²) < 4.78 is 0. The highest BCUT2D eigenvalue weighted by Gasteiger charge is 2.19. The van der Waals surface area contributed by atoms with Gasteiger partial charge in [-0.15, -0.1) is 0 Å². The Morgan fingerprint density at radius 3 is 2.80 bits per heavy atom. The summed E-state index contributed by atoms with van der Waals surface area (Å²) in [5.41, 5.74) is 2.09. The first-order valence-corrected chi connectivity index (χ1v) is 9.01. The third-order valence-electron chi connectivity index (χ3n) is 4.63. The number of carbonyl (C=O) groups excluding carboxylic acids is 2. The maximum absolute atomic E-state index is 12.3. The Labute approximate surface area is 150 Å². The second-order valence-electron chi connectivity index (χ2n) is 7.12. The summed E-state index contributed by atoms with van der Waals surface area (Å²) in [7, 11) is 1.59. The lowest BCUT2D eigenvalue weighted by atomic mass is 10.00. The van der Waals surface area contributed by atoms with Crippen LogP contribution in [-0.2, 0) is 0 Å². The van der Waals surface area contributed by atoms with E-state index in [1.165, 1.54) is 12.8 Å². The van der Waals surface area contributed by atoms with Crippen LogP contribution in [0.15, 0.2) is 18.2 Å². The molecule has 3 amide bonds. The van der Waals surface area contributed by atoms with Gasteiger partial charge in [-0.2, -0.15) is 0 Å². The van der Waals surface area contributed by atoms with Gasteiger partial charge in [-0.05, 0) is 56.8 Å². The van der Waals surface area contributed by atoms with Gasteiger partial charge in [0.2, 0.25) is 0 Å². The Kier molecular flexibility index (Phi) is 6.82. The van der Waals surface area contributed by atoms with Crippen LogP contribution in [0.1, 0.15) is 42.6 Å². The van der Waals surface area contributed by atoms with Gasteiger partial charge in [0.1, 0.15) is 0 Å². The van der Waals surface area contributed by atoms with Crippen molar-refractivity contribution < 1.29 is 9.59 Å². The average molecular weight is 346 g/mol. The van der Waals surface area contributed by atoms with E-state index in [2.05, 4.69) is 27.8 Å². The topological polar surface area (TPSA) is 73.5 Å². The molecule has 0 aliphatic carbocycles. The quantitative estimate of drug-likeness (QED) is 0.767. The molecule has 1 saturated heterocycles. The minimum Gasteiger partial charge on any atom is -0.355 e. The number of piperidine rings is 1. The number of rotatable bonds is 5. The number of aryl methyl sites for hydroxylation is 1. The second-order valence-corrected chi connectivity index (χ2v) is 7.12. The SMILES string of the molecule is CNC(=O)c1ccc(C)c(NC(=O)N[C@H](C)CN2CCC[C@@H](C)C2)c1. The van der Waals surface area contributed by atoms with E-state index in [4.69, 9.17) is 0 Å². The number of nitrogens with one attached hydrogen (secondary N) is 3. The second kappa shape index (κ2) is 8.85. The Balaban J connectivity index is 1.90. The van der Waals surface area contributed by atoms with Crippen molar-refractivity contribution >= 4 is 17.6 Å². The Hall–Kier alpha value is -2.08. The molecule has 1 aliphatic heterocycles. The van der Waals surface area contributed by atoms with Crippen LogP contribution in [0.4, 0.5) is 10.5 Å². The summed E-state index contributed by atoms with van der Waals surface area (Å²) in [5.74, 6) is 0.556. The summed E-state index contributed by atoms with van der Waals surface area (Å²) in [5, 5.41) is 8.44. The Bertz CT molecular complexity index is 617. The van der Waals surface area contributed by atoms with Crippen LogP contribution in [0.3, 0.4) is 0 Å². The molecule has 25 heavy (non-hydrogen) atoms. The third-order valence-corrected chi connectivity index (χ3v) is 4.63. The zero-order valence-electron chi connectivity index (χ0n) is 15.7. The van der Waals surface area contributed by atoms with Gasteiger partial charge in [-0.3, -0.25) is 4.79 Å². The lowest BCUT2D eigenvalue weighted by Gasteiger charge is -2.32. The zero-order chi connectivity index (χ0) is 18.4. The molecule has 138 valence electrons. The lowest BCUT2D eigenvalue weighted by molar-refractivity contribution is 0.0963. The van der Waals surface area contributed by atoms with E-state index in [0.29, 0.717) is 11.3 Å². The van der Waals surface area contributed by atoms with Gasteiger partial charge >= 0.3 is 6.03 Å². The van der Waals surface area contributed by atoms with E-state index in [1.807, 2.05) is 19.9 Å². The molecule has 0 spiro atoms. The molecule has 1 fully saturated rings. The smallest absolute Gasteiger partial charge is 0.319 e. The standard InChI is InChI=1S/C19H30N4O2/c1-13-6-5-9-23(11-13)12-15(3)21-19(25)22-17-10-16(18(24)20-4)8-7-14(17)2/h7-8,10,13,15H,5-6,9,11-12H2,1-4H3,(H,20,24)(H2,21,22,25)/t13-,15-/m1/s1. The van der Waals surface area contributed by atoms with Gasteiger partial charge < -0.3 is 20.9 Å². The summed E-state index contributed by atoms with van der Waals surface area (Å²) in [6, 6.07) is 5.10. The van der Waals surface area contributed by atoms with E-state index in [-0.39, 0.29) is 18.0 Å². The zero-order valence-corrected chi connectivity index (χ0v) is 15.7. The molecule has 1 aliphatic rings. The summed E-state index contributed by atoms with van der Waals surface area (Å²) in [4.78, 5) is 26.4. The molecule has 1 aromatic rings. The van der Waals surface area contributed by atoms with E-state index < -0.39 is 0 Å². The summed E-state index contributed by atoms with van der Waals surface area (Å²) in [6.07, 6.45) is 2.52. The fraction of sp³-hybridized carbons (Fsp3) is 0.579. The van der Waals surface area contributed by atoms with Crippen LogP contribution in [0.25, 0.3) is 0 Å². The molecule has 6 nitrogen and oxygen atoms in total.